The van der Waals surface area contributed by atoms with Crippen LogP contribution in [-0.2, 0) is 27.1 Å². The summed E-state index contributed by atoms with van der Waals surface area (Å²) in [7, 11) is 0. The molecular weight excluding hydrogens is 340 g/mol. The van der Waals surface area contributed by atoms with Crippen LogP contribution in [0, 0.1) is 5.92 Å². The molecule has 2 aromatic heterocycles. The molecule has 2 aromatic rings. The van der Waals surface area contributed by atoms with Crippen LogP contribution in [0.1, 0.15) is 43.7 Å². The van der Waals surface area contributed by atoms with Crippen LogP contribution in [0.4, 0.5) is 0 Å². The fourth-order valence-electron chi connectivity index (χ4n) is 3.20. The van der Waals surface area contributed by atoms with Gasteiger partial charge in [0.05, 0.1) is 18.3 Å². The van der Waals surface area contributed by atoms with Crippen molar-refractivity contribution in [2.45, 2.75) is 46.1 Å². The summed E-state index contributed by atoms with van der Waals surface area (Å²) in [6.45, 7) is 6.91. The monoisotopic (exact) mass is 364 g/mol. The number of carbonyl (C=O) groups excluding carboxylic acids is 1. The lowest BCUT2D eigenvalue weighted by Crippen LogP contribution is -2.30. The molecule has 2 atom stereocenters. The molecule has 0 amide bonds. The lowest BCUT2D eigenvalue weighted by Gasteiger charge is -2.18. The van der Waals surface area contributed by atoms with Gasteiger partial charge in [0.25, 0.3) is 5.56 Å². The van der Waals surface area contributed by atoms with Gasteiger partial charge in [0.1, 0.15) is 17.5 Å². The summed E-state index contributed by atoms with van der Waals surface area (Å²) in [5.74, 6) is 0.197. The number of nitrogens with zero attached hydrogens (tertiary/aromatic N) is 2. The zero-order chi connectivity index (χ0) is 18.0. The van der Waals surface area contributed by atoms with E-state index in [-0.39, 0.29) is 12.2 Å². The predicted octanol–water partition coefficient (Wildman–Crippen LogP) is 2.72. The van der Waals surface area contributed by atoms with Crippen LogP contribution < -0.4 is 5.56 Å². The third kappa shape index (κ3) is 3.62. The average Bonchev–Trinajstić information content (AvgIpc) is 2.96. The van der Waals surface area contributed by atoms with E-state index in [1.54, 1.807) is 18.3 Å². The second-order valence-corrected chi connectivity index (χ2v) is 7.61. The number of thiophene rings is 1. The molecule has 0 N–H and O–H groups in total. The molecule has 0 radical (unpaired) electrons. The van der Waals surface area contributed by atoms with E-state index in [2.05, 4.69) is 11.9 Å². The molecule has 0 spiro atoms. The van der Waals surface area contributed by atoms with Gasteiger partial charge in [0.2, 0.25) is 0 Å². The van der Waals surface area contributed by atoms with Gasteiger partial charge in [0.15, 0.2) is 0 Å². The van der Waals surface area contributed by atoms with Gasteiger partial charge in [-0.1, -0.05) is 6.92 Å². The van der Waals surface area contributed by atoms with E-state index in [4.69, 9.17) is 9.47 Å². The van der Waals surface area contributed by atoms with Crippen LogP contribution in [0.25, 0.3) is 10.2 Å². The first-order chi connectivity index (χ1) is 12.0. The molecule has 0 unspecified atom stereocenters. The van der Waals surface area contributed by atoms with E-state index in [0.29, 0.717) is 24.5 Å². The van der Waals surface area contributed by atoms with Crippen molar-refractivity contribution in [1.82, 2.24) is 9.55 Å². The Balaban J connectivity index is 1.86. The molecule has 2 heterocycles. The summed E-state index contributed by atoms with van der Waals surface area (Å²) >= 11 is 1.61. The number of fused-ring (bicyclic) bond motifs is 3. The van der Waals surface area contributed by atoms with Crippen molar-refractivity contribution in [2.24, 2.45) is 5.92 Å². The standard InChI is InChI=1S/C18H24N2O4S/c1-4-23-7-8-24-18(22)12(3)20-10-19-16-15(17(20)21)13-6-5-11(2)9-14(13)25-16/h10-12H,4-9H2,1-3H3/t11-,12+/m1/s1. The van der Waals surface area contributed by atoms with E-state index in [9.17, 15) is 9.59 Å². The molecule has 7 heteroatoms. The van der Waals surface area contributed by atoms with E-state index < -0.39 is 12.0 Å². The molecule has 0 aliphatic heterocycles. The van der Waals surface area contributed by atoms with Crippen LogP contribution >= 0.6 is 11.3 Å². The smallest absolute Gasteiger partial charge is 0.329 e. The Labute approximate surface area is 150 Å². The quantitative estimate of drug-likeness (QED) is 0.582. The third-order valence-electron chi connectivity index (χ3n) is 4.68. The maximum Gasteiger partial charge on any atom is 0.329 e. The predicted molar refractivity (Wildman–Crippen MR) is 97.2 cm³/mol. The Kier molecular flexibility index (Phi) is 5.54. The van der Waals surface area contributed by atoms with E-state index >= 15 is 0 Å². The van der Waals surface area contributed by atoms with Crippen molar-refractivity contribution < 1.29 is 14.3 Å². The Bertz CT molecular complexity index is 826. The zero-order valence-corrected chi connectivity index (χ0v) is 15.7. The van der Waals surface area contributed by atoms with Crippen LogP contribution in [-0.4, -0.2) is 35.3 Å². The molecule has 0 fully saturated rings. The molecule has 136 valence electrons. The number of aryl methyl sites for hydroxylation is 1. The zero-order valence-electron chi connectivity index (χ0n) is 14.9. The normalized spacial score (nSPS) is 18.1. The second-order valence-electron chi connectivity index (χ2n) is 6.53. The van der Waals surface area contributed by atoms with Gasteiger partial charge in [0, 0.05) is 11.5 Å². The summed E-state index contributed by atoms with van der Waals surface area (Å²) in [4.78, 5) is 31.6. The molecule has 0 saturated heterocycles. The summed E-state index contributed by atoms with van der Waals surface area (Å²) in [6.07, 6.45) is 4.46. The molecule has 1 aliphatic carbocycles. The average molecular weight is 364 g/mol. The Hall–Kier alpha value is -1.73. The highest BCUT2D eigenvalue weighted by Crippen LogP contribution is 2.35. The van der Waals surface area contributed by atoms with Gasteiger partial charge < -0.3 is 9.47 Å². The largest absolute Gasteiger partial charge is 0.462 e. The SMILES string of the molecule is CCOCCOC(=O)[C@H](C)n1cnc2sc3c(c2c1=O)CC[C@@H](C)C3. The molecular formula is C18H24N2O4S. The lowest BCUT2D eigenvalue weighted by atomic mass is 9.89. The van der Waals surface area contributed by atoms with Crippen molar-refractivity contribution in [3.63, 3.8) is 0 Å². The number of rotatable bonds is 6. The van der Waals surface area contributed by atoms with Gasteiger partial charge in [-0.15, -0.1) is 11.3 Å². The van der Waals surface area contributed by atoms with Crippen LogP contribution in [0.15, 0.2) is 11.1 Å². The maximum absolute atomic E-state index is 13.0. The number of aromatic nitrogens is 2. The van der Waals surface area contributed by atoms with Crippen molar-refractivity contribution in [3.8, 4) is 0 Å². The number of hydrogen-bond acceptors (Lipinski definition) is 6. The fourth-order valence-corrected chi connectivity index (χ4v) is 4.54. The van der Waals surface area contributed by atoms with Crippen molar-refractivity contribution in [1.29, 1.82) is 0 Å². The topological polar surface area (TPSA) is 70.4 Å². The number of carbonyl (C=O) groups is 1. The molecule has 1 aliphatic rings. The van der Waals surface area contributed by atoms with Crippen LogP contribution in [0.3, 0.4) is 0 Å². The minimum absolute atomic E-state index is 0.147. The minimum atomic E-state index is -0.705. The van der Waals surface area contributed by atoms with Crippen LogP contribution in [0.2, 0.25) is 0 Å². The molecule has 25 heavy (non-hydrogen) atoms. The second kappa shape index (κ2) is 7.66. The Morgan fingerprint density at radius 2 is 2.28 bits per heavy atom. The maximum atomic E-state index is 13.0. The van der Waals surface area contributed by atoms with Gasteiger partial charge in [-0.25, -0.2) is 9.78 Å². The molecule has 0 saturated carbocycles. The highest BCUT2D eigenvalue weighted by Gasteiger charge is 2.25. The Morgan fingerprint density at radius 1 is 1.48 bits per heavy atom. The van der Waals surface area contributed by atoms with Crippen LogP contribution in [0.5, 0.6) is 0 Å². The molecule has 0 bridgehead atoms. The van der Waals surface area contributed by atoms with E-state index in [1.807, 2.05) is 6.92 Å². The van der Waals surface area contributed by atoms with Crippen molar-refractivity contribution >= 4 is 27.5 Å². The van der Waals surface area contributed by atoms with Gasteiger partial charge >= 0.3 is 5.97 Å². The summed E-state index contributed by atoms with van der Waals surface area (Å²) in [5, 5.41) is 0.684. The van der Waals surface area contributed by atoms with Gasteiger partial charge in [-0.3, -0.25) is 9.36 Å². The highest BCUT2D eigenvalue weighted by molar-refractivity contribution is 7.18. The van der Waals surface area contributed by atoms with Gasteiger partial charge in [-0.05, 0) is 44.6 Å². The first-order valence-corrected chi connectivity index (χ1v) is 9.60. The summed E-state index contributed by atoms with van der Waals surface area (Å²) in [6, 6.07) is -0.705. The van der Waals surface area contributed by atoms with Gasteiger partial charge in [-0.2, -0.15) is 0 Å². The first-order valence-electron chi connectivity index (χ1n) is 8.78. The van der Waals surface area contributed by atoms with Crippen molar-refractivity contribution in [3.05, 3.63) is 27.1 Å². The molecule has 0 aromatic carbocycles. The minimum Gasteiger partial charge on any atom is -0.462 e. The number of esters is 1. The van der Waals surface area contributed by atoms with Crippen molar-refractivity contribution in [2.75, 3.05) is 19.8 Å². The first kappa shape index (κ1) is 18.1. The Morgan fingerprint density at radius 3 is 3.04 bits per heavy atom. The third-order valence-corrected chi connectivity index (χ3v) is 5.84. The summed E-state index contributed by atoms with van der Waals surface area (Å²) < 4.78 is 11.7. The fraction of sp³-hybridized carbons (Fsp3) is 0.611. The van der Waals surface area contributed by atoms with E-state index in [0.717, 1.165) is 29.7 Å². The number of hydrogen-bond donors (Lipinski definition) is 0. The molecule has 6 nitrogen and oxygen atoms in total. The lowest BCUT2D eigenvalue weighted by molar-refractivity contribution is -0.148. The molecule has 3 rings (SSSR count). The number of ether oxygens (including phenoxy) is 2. The summed E-state index contributed by atoms with van der Waals surface area (Å²) in [5.41, 5.74) is 0.980. The highest BCUT2D eigenvalue weighted by atomic mass is 32.1. The van der Waals surface area contributed by atoms with E-state index in [1.165, 1.54) is 15.8 Å².